The highest BCUT2D eigenvalue weighted by Crippen LogP contribution is 2.09. The topological polar surface area (TPSA) is 76.4 Å². The van der Waals surface area contributed by atoms with Crippen LogP contribution in [0, 0.1) is 0 Å². The summed E-state index contributed by atoms with van der Waals surface area (Å²) in [4.78, 5) is 11.4. The highest BCUT2D eigenvalue weighted by atomic mass is 16.6. The highest BCUT2D eigenvalue weighted by molar-refractivity contribution is 5.67. The van der Waals surface area contributed by atoms with Crippen LogP contribution >= 0.6 is 0 Å². The molecule has 5 heteroatoms. The second-order valence-electron chi connectivity index (χ2n) is 5.96. The average Bonchev–Trinajstić information content (AvgIpc) is 2.34. The number of amides is 1. The number of ether oxygens (including phenoxy) is 1. The number of carbonyl (C=O) groups excluding carboxylic acids is 1. The van der Waals surface area contributed by atoms with Crippen molar-refractivity contribution in [3.05, 3.63) is 35.6 Å². The van der Waals surface area contributed by atoms with Crippen LogP contribution in [0.15, 0.2) is 35.6 Å². The number of carbonyl (C=O) groups is 1. The molecule has 21 heavy (non-hydrogen) atoms. The van der Waals surface area contributed by atoms with Gasteiger partial charge >= 0.3 is 6.09 Å². The van der Waals surface area contributed by atoms with Crippen LogP contribution in [0.1, 0.15) is 33.6 Å². The Bertz CT molecular complexity index is 431. The zero-order valence-corrected chi connectivity index (χ0v) is 13.2. The molecule has 0 aromatic heterocycles. The number of alkyl carbamates (subject to hydrolysis) is 1. The Morgan fingerprint density at radius 3 is 2.81 bits per heavy atom. The molecule has 0 aromatic carbocycles. The Morgan fingerprint density at radius 1 is 1.33 bits per heavy atom. The van der Waals surface area contributed by atoms with Crippen LogP contribution in [0.3, 0.4) is 0 Å². The first kappa shape index (κ1) is 17.3. The summed E-state index contributed by atoms with van der Waals surface area (Å²) in [7, 11) is 0. The summed E-state index contributed by atoms with van der Waals surface area (Å²) in [6, 6.07) is 0. The summed E-state index contributed by atoms with van der Waals surface area (Å²) in [5.41, 5.74) is 7.44. The van der Waals surface area contributed by atoms with Gasteiger partial charge in [-0.1, -0.05) is 24.3 Å². The predicted octanol–water partition coefficient (Wildman–Crippen LogP) is 2.22. The van der Waals surface area contributed by atoms with E-state index in [-0.39, 0.29) is 0 Å². The molecule has 1 aliphatic rings. The predicted molar refractivity (Wildman–Crippen MR) is 85.8 cm³/mol. The molecule has 0 spiro atoms. The summed E-state index contributed by atoms with van der Waals surface area (Å²) in [6.45, 7) is 7.38. The molecule has 118 valence electrons. The van der Waals surface area contributed by atoms with E-state index in [1.807, 2.05) is 32.9 Å². The second kappa shape index (κ2) is 8.52. The molecule has 4 N–H and O–H groups in total. The molecule has 0 aromatic rings. The maximum atomic E-state index is 11.4. The maximum absolute atomic E-state index is 11.4. The van der Waals surface area contributed by atoms with Crippen molar-refractivity contribution in [2.24, 2.45) is 5.73 Å². The average molecular weight is 293 g/mol. The lowest BCUT2D eigenvalue weighted by Gasteiger charge is -2.19. The van der Waals surface area contributed by atoms with Crippen LogP contribution in [0.2, 0.25) is 0 Å². The summed E-state index contributed by atoms with van der Waals surface area (Å²) < 4.78 is 5.15. The van der Waals surface area contributed by atoms with Crippen molar-refractivity contribution in [2.45, 2.75) is 39.2 Å². The Kier molecular flexibility index (Phi) is 7.02. The Hall–Kier alpha value is -1.75. The lowest BCUT2D eigenvalue weighted by atomic mass is 10.1. The van der Waals surface area contributed by atoms with Crippen molar-refractivity contribution < 1.29 is 9.53 Å². The normalized spacial score (nSPS) is 22.0. The lowest BCUT2D eigenvalue weighted by molar-refractivity contribution is 0.0528. The maximum Gasteiger partial charge on any atom is 0.407 e. The first-order valence-electron chi connectivity index (χ1n) is 7.38. The van der Waals surface area contributed by atoms with Gasteiger partial charge in [0.2, 0.25) is 0 Å². The van der Waals surface area contributed by atoms with Gasteiger partial charge in [-0.25, -0.2) is 4.79 Å². The molecule has 0 saturated heterocycles. The van der Waals surface area contributed by atoms with Gasteiger partial charge in [-0.05, 0) is 39.2 Å². The van der Waals surface area contributed by atoms with Crippen molar-refractivity contribution in [1.82, 2.24) is 10.6 Å². The summed E-state index contributed by atoms with van der Waals surface area (Å²) in [6.07, 6.45) is 9.85. The third-order valence-electron chi connectivity index (χ3n) is 2.79. The van der Waals surface area contributed by atoms with Gasteiger partial charge in [-0.3, -0.25) is 0 Å². The van der Waals surface area contributed by atoms with Crippen LogP contribution in [-0.4, -0.2) is 31.3 Å². The number of nitrogens with two attached hydrogens (primary N) is 1. The molecule has 1 rings (SSSR count). The van der Waals surface area contributed by atoms with E-state index in [9.17, 15) is 4.79 Å². The van der Waals surface area contributed by atoms with E-state index in [1.54, 1.807) is 0 Å². The fourth-order valence-electron chi connectivity index (χ4n) is 1.79. The van der Waals surface area contributed by atoms with Gasteiger partial charge in [0.1, 0.15) is 5.60 Å². The van der Waals surface area contributed by atoms with Crippen LogP contribution in [-0.2, 0) is 4.74 Å². The Labute approximate surface area is 127 Å². The fourth-order valence-corrected chi connectivity index (χ4v) is 1.79. The summed E-state index contributed by atoms with van der Waals surface area (Å²) >= 11 is 0. The van der Waals surface area contributed by atoms with Crippen LogP contribution < -0.4 is 16.4 Å². The molecule has 0 radical (unpaired) electrons. The quantitative estimate of drug-likeness (QED) is 0.679. The molecule has 0 fully saturated rings. The lowest BCUT2D eigenvalue weighted by Crippen LogP contribution is -2.36. The smallest absolute Gasteiger partial charge is 0.407 e. The largest absolute Gasteiger partial charge is 0.444 e. The van der Waals surface area contributed by atoms with Gasteiger partial charge in [0.25, 0.3) is 0 Å². The standard InChI is InChI=1S/C16H27N3O2/c1-16(2,3)21-15(20)19-11-10-18-12-13-8-6-4-5-7-9-14(13)17/h4,6,8-9,18H,5,7,10-12,17H2,1-3H3,(H,19,20)/b6-4-,13-8-,14-9+. The minimum absolute atomic E-state index is 0.392. The van der Waals surface area contributed by atoms with E-state index < -0.39 is 11.7 Å². The van der Waals surface area contributed by atoms with Crippen LogP contribution in [0.5, 0.6) is 0 Å². The zero-order valence-electron chi connectivity index (χ0n) is 13.2. The Balaban J connectivity index is 2.23. The van der Waals surface area contributed by atoms with Crippen molar-refractivity contribution in [1.29, 1.82) is 0 Å². The number of hydrogen-bond acceptors (Lipinski definition) is 4. The SMILES string of the molecule is CC(C)(C)OC(=O)NCCNCC1=C/C=C\CC/C=C\1N. The first-order valence-corrected chi connectivity index (χ1v) is 7.38. The third-order valence-corrected chi connectivity index (χ3v) is 2.79. The molecule has 0 bridgehead atoms. The number of nitrogens with one attached hydrogen (secondary N) is 2. The van der Waals surface area contributed by atoms with Gasteiger partial charge in [0, 0.05) is 25.3 Å². The second-order valence-corrected chi connectivity index (χ2v) is 5.96. The summed E-state index contributed by atoms with van der Waals surface area (Å²) in [5, 5.41) is 5.97. The molecule has 0 heterocycles. The van der Waals surface area contributed by atoms with E-state index in [2.05, 4.69) is 22.8 Å². The number of hydrogen-bond donors (Lipinski definition) is 3. The Morgan fingerprint density at radius 2 is 2.10 bits per heavy atom. The summed E-state index contributed by atoms with van der Waals surface area (Å²) in [5.74, 6) is 0. The van der Waals surface area contributed by atoms with Crippen LogP contribution in [0.4, 0.5) is 4.79 Å². The van der Waals surface area contributed by atoms with Gasteiger partial charge in [-0.2, -0.15) is 0 Å². The van der Waals surface area contributed by atoms with E-state index in [0.29, 0.717) is 19.6 Å². The molecule has 0 aliphatic heterocycles. The van der Waals surface area contributed by atoms with E-state index in [4.69, 9.17) is 10.5 Å². The highest BCUT2D eigenvalue weighted by Gasteiger charge is 2.15. The third kappa shape index (κ3) is 8.19. The van der Waals surface area contributed by atoms with Crippen molar-refractivity contribution in [2.75, 3.05) is 19.6 Å². The fraction of sp³-hybridized carbons (Fsp3) is 0.562. The molecular formula is C16H27N3O2. The van der Waals surface area contributed by atoms with Crippen LogP contribution in [0.25, 0.3) is 0 Å². The van der Waals surface area contributed by atoms with Crippen molar-refractivity contribution in [3.8, 4) is 0 Å². The number of rotatable bonds is 5. The van der Waals surface area contributed by atoms with E-state index >= 15 is 0 Å². The van der Waals surface area contributed by atoms with Gasteiger partial charge in [0.05, 0.1) is 0 Å². The van der Waals surface area contributed by atoms with Gasteiger partial charge < -0.3 is 21.1 Å². The minimum atomic E-state index is -0.466. The van der Waals surface area contributed by atoms with E-state index in [1.165, 1.54) is 0 Å². The van der Waals surface area contributed by atoms with Gasteiger partial charge in [0.15, 0.2) is 0 Å². The molecule has 0 saturated carbocycles. The first-order chi connectivity index (χ1) is 9.88. The molecule has 1 aliphatic carbocycles. The zero-order chi connectivity index (χ0) is 15.7. The monoisotopic (exact) mass is 293 g/mol. The van der Waals surface area contributed by atoms with E-state index in [0.717, 1.165) is 24.1 Å². The van der Waals surface area contributed by atoms with Crippen molar-refractivity contribution >= 4 is 6.09 Å². The molecular weight excluding hydrogens is 266 g/mol. The number of allylic oxidation sites excluding steroid dienone is 4. The minimum Gasteiger partial charge on any atom is -0.444 e. The molecule has 1 amide bonds. The molecule has 5 nitrogen and oxygen atoms in total. The van der Waals surface area contributed by atoms with Crippen molar-refractivity contribution in [3.63, 3.8) is 0 Å². The van der Waals surface area contributed by atoms with Gasteiger partial charge in [-0.15, -0.1) is 0 Å². The molecule has 0 atom stereocenters. The molecule has 0 unspecified atom stereocenters.